The number of hydrogen-bond acceptors (Lipinski definition) is 4. The van der Waals surface area contributed by atoms with Gasteiger partial charge in [0.2, 0.25) is 5.91 Å². The van der Waals surface area contributed by atoms with E-state index in [0.717, 1.165) is 22.8 Å². The van der Waals surface area contributed by atoms with Crippen molar-refractivity contribution in [3.8, 4) is 11.5 Å². The van der Waals surface area contributed by atoms with Crippen LogP contribution >= 0.6 is 11.6 Å². The highest BCUT2D eigenvalue weighted by Crippen LogP contribution is 2.43. The van der Waals surface area contributed by atoms with E-state index in [0.29, 0.717) is 42.9 Å². The largest absolute Gasteiger partial charge is 0.493 e. The Morgan fingerprint density at radius 2 is 1.76 bits per heavy atom. The molecule has 3 aromatic rings. The Morgan fingerprint density at radius 3 is 2.38 bits per heavy atom. The molecule has 37 heavy (non-hydrogen) atoms. The molecule has 1 heterocycles. The molecule has 196 valence electrons. The molecular weight excluding hydrogens is 505 g/mol. The number of hydrogen-bond donors (Lipinski definition) is 1. The predicted octanol–water partition coefficient (Wildman–Crippen LogP) is 6.13. The highest BCUT2D eigenvalue weighted by atomic mass is 35.5. The van der Waals surface area contributed by atoms with Gasteiger partial charge in [0.15, 0.2) is 11.5 Å². The second-order valence-corrected chi connectivity index (χ2v) is 9.38. The Morgan fingerprint density at radius 1 is 1.08 bits per heavy atom. The van der Waals surface area contributed by atoms with Crippen LogP contribution in [0.2, 0.25) is 5.02 Å². The summed E-state index contributed by atoms with van der Waals surface area (Å²) in [5, 5.41) is -0.337. The van der Waals surface area contributed by atoms with E-state index in [1.807, 2.05) is 47.4 Å². The van der Waals surface area contributed by atoms with E-state index in [9.17, 15) is 18.0 Å². The van der Waals surface area contributed by atoms with Crippen molar-refractivity contribution in [2.45, 2.75) is 37.5 Å². The van der Waals surface area contributed by atoms with Crippen molar-refractivity contribution in [2.75, 3.05) is 20.8 Å². The van der Waals surface area contributed by atoms with Crippen LogP contribution in [0.4, 0.5) is 13.2 Å². The van der Waals surface area contributed by atoms with Gasteiger partial charge in [0.05, 0.1) is 24.8 Å². The van der Waals surface area contributed by atoms with Gasteiger partial charge in [0, 0.05) is 12.6 Å². The highest BCUT2D eigenvalue weighted by molar-refractivity contribution is 6.31. The minimum atomic E-state index is -4.55. The lowest BCUT2D eigenvalue weighted by molar-refractivity contribution is -0.137. The first kappa shape index (κ1) is 26.8. The minimum absolute atomic E-state index is 0.314. The lowest BCUT2D eigenvalue weighted by Crippen LogP contribution is -2.44. The summed E-state index contributed by atoms with van der Waals surface area (Å²) < 4.78 is 51.4. The van der Waals surface area contributed by atoms with Crippen LogP contribution in [0.15, 0.2) is 60.7 Å². The van der Waals surface area contributed by atoms with Gasteiger partial charge in [-0.3, -0.25) is 9.69 Å². The molecule has 1 aliphatic heterocycles. The summed E-state index contributed by atoms with van der Waals surface area (Å²) in [7, 11) is 3.11. The number of methoxy groups -OCH3 is 2. The van der Waals surface area contributed by atoms with Gasteiger partial charge < -0.3 is 15.2 Å². The Labute approximate surface area is 218 Å². The highest BCUT2D eigenvalue weighted by Gasteiger charge is 2.37. The average Bonchev–Trinajstić information content (AvgIpc) is 2.87. The average molecular weight is 533 g/mol. The van der Waals surface area contributed by atoms with Gasteiger partial charge in [0.1, 0.15) is 6.04 Å². The fraction of sp³-hybridized carbons (Fsp3) is 0.321. The van der Waals surface area contributed by atoms with E-state index in [-0.39, 0.29) is 11.1 Å². The second kappa shape index (κ2) is 11.0. The van der Waals surface area contributed by atoms with E-state index in [1.165, 1.54) is 6.07 Å². The molecule has 0 spiro atoms. The Balaban J connectivity index is 1.76. The quantitative estimate of drug-likeness (QED) is 0.379. The summed E-state index contributed by atoms with van der Waals surface area (Å²) in [6.45, 7) is 0.532. The molecule has 1 aliphatic rings. The summed E-state index contributed by atoms with van der Waals surface area (Å²) in [5.74, 6) is 0.635. The number of ether oxygens (including phenoxy) is 2. The number of benzene rings is 3. The first-order chi connectivity index (χ1) is 17.6. The normalized spacial score (nSPS) is 16.6. The number of aryl methyl sites for hydroxylation is 1. The summed E-state index contributed by atoms with van der Waals surface area (Å²) in [4.78, 5) is 14.8. The molecule has 0 radical (unpaired) electrons. The van der Waals surface area contributed by atoms with Gasteiger partial charge in [-0.25, -0.2) is 0 Å². The number of fused-ring (bicyclic) bond motifs is 1. The number of nitrogens with two attached hydrogens (primary N) is 1. The number of rotatable bonds is 8. The van der Waals surface area contributed by atoms with E-state index in [4.69, 9.17) is 26.8 Å². The van der Waals surface area contributed by atoms with Crippen molar-refractivity contribution in [2.24, 2.45) is 5.73 Å². The van der Waals surface area contributed by atoms with Crippen molar-refractivity contribution >= 4 is 17.5 Å². The zero-order chi connectivity index (χ0) is 26.7. The number of alkyl halides is 3. The molecule has 0 fully saturated rings. The standard InChI is InChI=1S/C28H28ClF3N2O3/c1-36-24-15-19-12-13-34(26(27(33)35)18-6-4-3-5-7-18)23(20(19)16-25(24)37-2)11-9-17-8-10-22(29)21(14-17)28(30,31)32/h3-8,10,14-16,23,26H,9,11-13H2,1-2H3,(H2,33,35). The van der Waals surface area contributed by atoms with E-state index >= 15 is 0 Å². The molecule has 0 bridgehead atoms. The maximum absolute atomic E-state index is 13.5. The Bertz CT molecular complexity index is 1270. The van der Waals surface area contributed by atoms with Crippen molar-refractivity contribution in [1.29, 1.82) is 0 Å². The third kappa shape index (κ3) is 5.70. The van der Waals surface area contributed by atoms with E-state index < -0.39 is 23.7 Å². The van der Waals surface area contributed by atoms with Gasteiger partial charge in [-0.15, -0.1) is 0 Å². The van der Waals surface area contributed by atoms with Gasteiger partial charge in [-0.2, -0.15) is 13.2 Å². The topological polar surface area (TPSA) is 64.8 Å². The van der Waals surface area contributed by atoms with Crippen LogP contribution in [0, 0.1) is 0 Å². The van der Waals surface area contributed by atoms with Crippen LogP contribution in [0.1, 0.15) is 46.3 Å². The maximum Gasteiger partial charge on any atom is 0.417 e. The smallest absolute Gasteiger partial charge is 0.417 e. The number of primary amides is 1. The Kier molecular flexibility index (Phi) is 7.99. The molecule has 3 aromatic carbocycles. The maximum atomic E-state index is 13.5. The number of carbonyl (C=O) groups excluding carboxylic acids is 1. The van der Waals surface area contributed by atoms with Crippen molar-refractivity contribution in [3.05, 3.63) is 93.5 Å². The van der Waals surface area contributed by atoms with Crippen LogP contribution in [0.3, 0.4) is 0 Å². The zero-order valence-electron chi connectivity index (χ0n) is 20.5. The van der Waals surface area contributed by atoms with Crippen LogP contribution < -0.4 is 15.2 Å². The Hall–Kier alpha value is -3.23. The monoisotopic (exact) mass is 532 g/mol. The lowest BCUT2D eigenvalue weighted by Gasteiger charge is -2.41. The van der Waals surface area contributed by atoms with Crippen LogP contribution in [-0.2, 0) is 23.8 Å². The molecule has 2 N–H and O–H groups in total. The molecule has 0 saturated carbocycles. The molecular formula is C28H28ClF3N2O3. The fourth-order valence-electron chi connectivity index (χ4n) is 5.08. The molecule has 9 heteroatoms. The van der Waals surface area contributed by atoms with Crippen LogP contribution in [0.25, 0.3) is 0 Å². The second-order valence-electron chi connectivity index (χ2n) is 8.98. The predicted molar refractivity (Wildman–Crippen MR) is 136 cm³/mol. The zero-order valence-corrected chi connectivity index (χ0v) is 21.3. The molecule has 2 unspecified atom stereocenters. The molecule has 2 atom stereocenters. The van der Waals surface area contributed by atoms with Gasteiger partial charge in [0.25, 0.3) is 0 Å². The molecule has 0 saturated heterocycles. The van der Waals surface area contributed by atoms with Gasteiger partial charge in [-0.05, 0) is 65.8 Å². The van der Waals surface area contributed by atoms with Crippen molar-refractivity contribution < 1.29 is 27.4 Å². The molecule has 5 nitrogen and oxygen atoms in total. The van der Waals surface area contributed by atoms with Gasteiger partial charge in [-0.1, -0.05) is 48.0 Å². The van der Waals surface area contributed by atoms with Gasteiger partial charge >= 0.3 is 6.18 Å². The van der Waals surface area contributed by atoms with Crippen molar-refractivity contribution in [1.82, 2.24) is 4.90 Å². The minimum Gasteiger partial charge on any atom is -0.493 e. The van der Waals surface area contributed by atoms with Crippen LogP contribution in [0.5, 0.6) is 11.5 Å². The first-order valence-corrected chi connectivity index (χ1v) is 12.2. The molecule has 1 amide bonds. The van der Waals surface area contributed by atoms with Crippen molar-refractivity contribution in [3.63, 3.8) is 0 Å². The fourth-order valence-corrected chi connectivity index (χ4v) is 5.31. The third-order valence-corrected chi connectivity index (χ3v) is 7.13. The molecule has 0 aliphatic carbocycles. The van der Waals surface area contributed by atoms with Crippen LogP contribution in [-0.4, -0.2) is 31.6 Å². The van der Waals surface area contributed by atoms with E-state index in [2.05, 4.69) is 0 Å². The summed E-state index contributed by atoms with van der Waals surface area (Å²) in [5.41, 5.74) is 8.26. The molecule has 4 rings (SSSR count). The summed E-state index contributed by atoms with van der Waals surface area (Å²) in [6, 6.07) is 16.0. The lowest BCUT2D eigenvalue weighted by atomic mass is 9.86. The number of carbonyl (C=O) groups is 1. The van der Waals surface area contributed by atoms with E-state index in [1.54, 1.807) is 20.3 Å². The number of nitrogens with zero attached hydrogens (tertiary/aromatic N) is 1. The third-order valence-electron chi connectivity index (χ3n) is 6.80. The summed E-state index contributed by atoms with van der Waals surface area (Å²) in [6.07, 6.45) is -3.14. The molecule has 0 aromatic heterocycles. The number of halogens is 4. The first-order valence-electron chi connectivity index (χ1n) is 11.8. The SMILES string of the molecule is COc1cc2c(cc1OC)C(CCc1ccc(Cl)c(C(F)(F)F)c1)N(C(C(N)=O)c1ccccc1)CC2. The summed E-state index contributed by atoms with van der Waals surface area (Å²) >= 11 is 5.82. The number of amides is 1.